The van der Waals surface area contributed by atoms with Gasteiger partial charge in [-0.1, -0.05) is 18.2 Å². The average Bonchev–Trinajstić information content (AvgIpc) is 3.07. The Labute approximate surface area is 133 Å². The molecule has 0 fully saturated rings. The van der Waals surface area contributed by atoms with Crippen molar-refractivity contribution in [3.8, 4) is 5.75 Å². The molecule has 4 rings (SSSR count). The fourth-order valence-corrected chi connectivity index (χ4v) is 2.58. The van der Waals surface area contributed by atoms with E-state index in [1.165, 1.54) is 0 Å². The Kier molecular flexibility index (Phi) is 3.24. The van der Waals surface area contributed by atoms with Gasteiger partial charge in [-0.25, -0.2) is 4.99 Å². The molecule has 0 spiro atoms. The molecule has 1 aliphatic rings. The maximum Gasteiger partial charge on any atom is 0.213 e. The van der Waals surface area contributed by atoms with Crippen molar-refractivity contribution in [3.05, 3.63) is 77.6 Å². The van der Waals surface area contributed by atoms with E-state index in [0.717, 1.165) is 28.0 Å². The number of H-pyrrole nitrogens is 1. The Morgan fingerprint density at radius 2 is 1.78 bits per heavy atom. The molecule has 5 heteroatoms. The second-order valence-corrected chi connectivity index (χ2v) is 5.28. The molecule has 0 atom stereocenters. The monoisotopic (exact) mass is 304 g/mol. The van der Waals surface area contributed by atoms with Crippen molar-refractivity contribution in [2.24, 2.45) is 4.99 Å². The summed E-state index contributed by atoms with van der Waals surface area (Å²) in [5.74, 6) is 1.50. The molecular weight excluding hydrogens is 288 g/mol. The van der Waals surface area contributed by atoms with Gasteiger partial charge in [0.15, 0.2) is 0 Å². The van der Waals surface area contributed by atoms with E-state index in [2.05, 4.69) is 9.98 Å². The number of fused-ring (bicyclic) bond motifs is 1. The molecule has 114 valence electrons. The number of ether oxygens (including phenoxy) is 1. The minimum Gasteiger partial charge on any atom is -0.440 e. The van der Waals surface area contributed by atoms with Crippen LogP contribution in [0.2, 0.25) is 0 Å². The first kappa shape index (κ1) is 13.5. The second kappa shape index (κ2) is 5.53. The highest BCUT2D eigenvalue weighted by molar-refractivity contribution is 5.66. The first-order chi connectivity index (χ1) is 11.3. The van der Waals surface area contributed by atoms with Gasteiger partial charge in [-0.05, 0) is 42.5 Å². The number of nitrogen functional groups attached to an aromatic ring is 1. The minimum absolute atomic E-state index is 0.502. The molecule has 0 bridgehead atoms. The molecule has 0 unspecified atom stereocenters. The molecule has 0 saturated carbocycles. The van der Waals surface area contributed by atoms with Crippen LogP contribution >= 0.6 is 0 Å². The fraction of sp³-hybridized carbons (Fsp3) is 0.0556. The summed E-state index contributed by atoms with van der Waals surface area (Å²) >= 11 is 0. The molecule has 2 heterocycles. The molecule has 23 heavy (non-hydrogen) atoms. The van der Waals surface area contributed by atoms with Crippen LogP contribution in [0.1, 0.15) is 0 Å². The number of anilines is 2. The Hall–Kier alpha value is -3.21. The number of benzene rings is 2. The second-order valence-electron chi connectivity index (χ2n) is 5.28. The van der Waals surface area contributed by atoms with E-state index in [-0.39, 0.29) is 0 Å². The first-order valence-corrected chi connectivity index (χ1v) is 7.39. The predicted octanol–water partition coefficient (Wildman–Crippen LogP) is 1.84. The van der Waals surface area contributed by atoms with Gasteiger partial charge in [0, 0.05) is 17.6 Å². The third kappa shape index (κ3) is 2.53. The lowest BCUT2D eigenvalue weighted by molar-refractivity contribution is 0.481. The SMILES string of the molecule is Nc1ccc(OC2=c3cc[nH]c3=NCN2c2ccccc2)cc1. The van der Waals surface area contributed by atoms with Gasteiger partial charge in [-0.2, -0.15) is 0 Å². The van der Waals surface area contributed by atoms with Crippen LogP contribution in [-0.2, 0) is 0 Å². The number of nitrogens with zero attached hydrogens (tertiary/aromatic N) is 2. The number of nitrogens with one attached hydrogen (secondary N) is 1. The molecule has 0 aliphatic carbocycles. The summed E-state index contributed by atoms with van der Waals surface area (Å²) in [6, 6.07) is 19.4. The van der Waals surface area contributed by atoms with Crippen molar-refractivity contribution in [2.45, 2.75) is 0 Å². The van der Waals surface area contributed by atoms with E-state index >= 15 is 0 Å². The number of rotatable bonds is 3. The van der Waals surface area contributed by atoms with Gasteiger partial charge in [0.05, 0.1) is 5.22 Å². The molecule has 0 amide bonds. The zero-order valence-corrected chi connectivity index (χ0v) is 12.4. The van der Waals surface area contributed by atoms with Crippen molar-refractivity contribution >= 4 is 17.3 Å². The largest absolute Gasteiger partial charge is 0.440 e. The van der Waals surface area contributed by atoms with Crippen molar-refractivity contribution in [2.75, 3.05) is 17.3 Å². The molecule has 3 N–H and O–H groups in total. The van der Waals surface area contributed by atoms with Crippen LogP contribution in [0.25, 0.3) is 5.88 Å². The van der Waals surface area contributed by atoms with Crippen molar-refractivity contribution < 1.29 is 4.74 Å². The topological polar surface area (TPSA) is 66.6 Å². The summed E-state index contributed by atoms with van der Waals surface area (Å²) in [5.41, 5.74) is 8.33. The van der Waals surface area contributed by atoms with Crippen molar-refractivity contribution in [3.63, 3.8) is 0 Å². The summed E-state index contributed by atoms with van der Waals surface area (Å²) in [4.78, 5) is 9.75. The van der Waals surface area contributed by atoms with Crippen LogP contribution in [0.15, 0.2) is 71.9 Å². The van der Waals surface area contributed by atoms with E-state index in [0.29, 0.717) is 12.4 Å². The van der Waals surface area contributed by atoms with Gasteiger partial charge in [0.2, 0.25) is 5.88 Å². The fourth-order valence-electron chi connectivity index (χ4n) is 2.58. The Balaban J connectivity index is 1.82. The summed E-state index contributed by atoms with van der Waals surface area (Å²) < 4.78 is 6.17. The van der Waals surface area contributed by atoms with Gasteiger partial charge in [-0.3, -0.25) is 4.90 Å². The zero-order valence-electron chi connectivity index (χ0n) is 12.4. The van der Waals surface area contributed by atoms with E-state index < -0.39 is 0 Å². The molecule has 1 aliphatic heterocycles. The average molecular weight is 304 g/mol. The third-order valence-electron chi connectivity index (χ3n) is 3.73. The van der Waals surface area contributed by atoms with Gasteiger partial charge in [0.25, 0.3) is 0 Å². The lowest BCUT2D eigenvalue weighted by atomic mass is 10.2. The van der Waals surface area contributed by atoms with E-state index in [1.807, 2.05) is 71.8 Å². The van der Waals surface area contributed by atoms with E-state index in [9.17, 15) is 0 Å². The molecule has 0 radical (unpaired) electrons. The van der Waals surface area contributed by atoms with Crippen LogP contribution in [0.4, 0.5) is 11.4 Å². The number of hydrogen-bond donors (Lipinski definition) is 2. The van der Waals surface area contributed by atoms with E-state index in [4.69, 9.17) is 10.5 Å². The maximum atomic E-state index is 6.17. The number of aromatic nitrogens is 1. The summed E-state index contributed by atoms with van der Waals surface area (Å²) in [7, 11) is 0. The lowest BCUT2D eigenvalue weighted by Gasteiger charge is -2.27. The van der Waals surface area contributed by atoms with Gasteiger partial charge in [0.1, 0.15) is 17.9 Å². The summed E-state index contributed by atoms with van der Waals surface area (Å²) in [6.07, 6.45) is 1.87. The minimum atomic E-state index is 0.502. The summed E-state index contributed by atoms with van der Waals surface area (Å²) in [6.45, 7) is 0.502. The number of para-hydroxylation sites is 1. The van der Waals surface area contributed by atoms with Gasteiger partial charge in [-0.15, -0.1) is 0 Å². The molecule has 3 aromatic rings. The highest BCUT2D eigenvalue weighted by atomic mass is 16.5. The molecular formula is C18H16N4O. The number of nitrogens with two attached hydrogens (primary N) is 1. The zero-order chi connectivity index (χ0) is 15.6. The van der Waals surface area contributed by atoms with E-state index in [1.54, 1.807) is 0 Å². The summed E-state index contributed by atoms with van der Waals surface area (Å²) in [5, 5.41) is 0.942. The Morgan fingerprint density at radius 3 is 2.57 bits per heavy atom. The third-order valence-corrected chi connectivity index (χ3v) is 3.73. The normalized spacial score (nSPS) is 13.4. The van der Waals surface area contributed by atoms with Crippen molar-refractivity contribution in [1.82, 2.24) is 4.98 Å². The van der Waals surface area contributed by atoms with Gasteiger partial charge >= 0.3 is 0 Å². The van der Waals surface area contributed by atoms with Crippen molar-refractivity contribution in [1.29, 1.82) is 0 Å². The highest BCUT2D eigenvalue weighted by Gasteiger charge is 2.19. The quantitative estimate of drug-likeness (QED) is 0.726. The Bertz CT molecular complexity index is 929. The standard InChI is InChI=1S/C18H16N4O/c19-13-6-8-15(9-7-13)23-18-16-10-11-20-17(16)21-12-22(18)14-4-2-1-3-5-14/h1-11H,12,19H2,(H,20,21). The molecule has 1 aromatic heterocycles. The lowest BCUT2D eigenvalue weighted by Crippen LogP contribution is -2.41. The Morgan fingerprint density at radius 1 is 1.00 bits per heavy atom. The molecule has 2 aromatic carbocycles. The van der Waals surface area contributed by atoms with Crippen LogP contribution in [0.5, 0.6) is 5.75 Å². The number of hydrogen-bond acceptors (Lipinski definition) is 4. The first-order valence-electron chi connectivity index (χ1n) is 7.39. The number of aromatic amines is 1. The smallest absolute Gasteiger partial charge is 0.213 e. The van der Waals surface area contributed by atoms with Gasteiger partial charge < -0.3 is 15.5 Å². The van der Waals surface area contributed by atoms with Crippen LogP contribution in [-0.4, -0.2) is 11.7 Å². The van der Waals surface area contributed by atoms with Crippen LogP contribution in [0, 0.1) is 0 Å². The highest BCUT2D eigenvalue weighted by Crippen LogP contribution is 2.23. The maximum absolute atomic E-state index is 6.17. The molecule has 0 saturated heterocycles. The van der Waals surface area contributed by atoms with Crippen LogP contribution in [0.3, 0.4) is 0 Å². The van der Waals surface area contributed by atoms with Crippen LogP contribution < -0.4 is 26.1 Å². The molecule has 5 nitrogen and oxygen atoms in total. The predicted molar refractivity (Wildman–Crippen MR) is 90.3 cm³/mol.